The monoisotopic (exact) mass is 332 g/mol. The van der Waals surface area contributed by atoms with Crippen LogP contribution in [0.3, 0.4) is 0 Å². The maximum Gasteiger partial charge on any atom is 0.417 e. The second kappa shape index (κ2) is 5.06. The van der Waals surface area contributed by atoms with E-state index in [1.807, 2.05) is 26.8 Å². The molecule has 0 spiro atoms. The third kappa shape index (κ3) is 2.95. The van der Waals surface area contributed by atoms with E-state index >= 15 is 0 Å². The van der Waals surface area contributed by atoms with Crippen molar-refractivity contribution in [1.82, 2.24) is 0 Å². The van der Waals surface area contributed by atoms with Gasteiger partial charge in [0.15, 0.2) is 6.10 Å². The smallest absolute Gasteiger partial charge is 0.417 e. The van der Waals surface area contributed by atoms with E-state index in [2.05, 4.69) is 18.7 Å². The third-order valence-corrected chi connectivity index (χ3v) is 4.59. The molecule has 1 aromatic carbocycles. The molecule has 0 saturated carbocycles. The van der Waals surface area contributed by atoms with E-state index in [9.17, 15) is 13.2 Å². The Morgan fingerprint density at radius 3 is 2.55 bits per heavy atom. The van der Waals surface area contributed by atoms with Crippen LogP contribution < -0.4 is 4.74 Å². The van der Waals surface area contributed by atoms with E-state index in [-0.39, 0.29) is 5.44 Å². The van der Waals surface area contributed by atoms with Crippen LogP contribution in [-0.4, -0.2) is 23.8 Å². The molecule has 2 aliphatic rings. The minimum atomic E-state index is -4.28. The number of hydrogen-bond donors (Lipinski definition) is 1. The van der Waals surface area contributed by atoms with Crippen molar-refractivity contribution in [2.24, 2.45) is 0 Å². The van der Waals surface area contributed by atoms with E-state index in [1.54, 1.807) is 0 Å². The van der Waals surface area contributed by atoms with Crippen LogP contribution >= 0.6 is 12.6 Å². The molecule has 6 heteroatoms. The molecule has 0 aromatic heterocycles. The van der Waals surface area contributed by atoms with Gasteiger partial charge in [0.05, 0.1) is 6.10 Å². The number of ether oxygens (including phenoxy) is 2. The molecule has 22 heavy (non-hydrogen) atoms. The molecule has 0 radical (unpaired) electrons. The van der Waals surface area contributed by atoms with Gasteiger partial charge in [0.2, 0.25) is 0 Å². The topological polar surface area (TPSA) is 21.8 Å². The zero-order chi connectivity index (χ0) is 16.3. The molecule has 2 nitrogen and oxygen atoms in total. The molecule has 3 unspecified atom stereocenters. The summed E-state index contributed by atoms with van der Waals surface area (Å²) in [5, 5.41) is 0. The fraction of sp³-hybridized carbons (Fsp3) is 0.625. The number of alkyl halides is 3. The second-order valence-corrected chi connectivity index (χ2v) is 7.38. The molecule has 2 heterocycles. The van der Waals surface area contributed by atoms with Gasteiger partial charge in [-0.15, -0.1) is 12.6 Å². The minimum absolute atomic E-state index is 0.188. The lowest BCUT2D eigenvalue weighted by atomic mass is 9.78. The molecule has 3 atom stereocenters. The Bertz CT molecular complexity index is 598. The van der Waals surface area contributed by atoms with Crippen molar-refractivity contribution in [3.8, 4) is 5.75 Å². The van der Waals surface area contributed by atoms with Crippen molar-refractivity contribution in [2.45, 2.75) is 62.8 Å². The first kappa shape index (κ1) is 16.0. The molecular formula is C16H19F3O2S. The molecule has 1 aromatic rings. The van der Waals surface area contributed by atoms with Crippen molar-refractivity contribution in [1.29, 1.82) is 0 Å². The van der Waals surface area contributed by atoms with Crippen LogP contribution in [0.15, 0.2) is 12.1 Å². The highest BCUT2D eigenvalue weighted by atomic mass is 32.1. The quantitative estimate of drug-likeness (QED) is 0.662. The van der Waals surface area contributed by atoms with Crippen LogP contribution in [0.5, 0.6) is 5.75 Å². The van der Waals surface area contributed by atoms with Crippen LogP contribution in [0.2, 0.25) is 0 Å². The predicted molar refractivity (Wildman–Crippen MR) is 80.6 cm³/mol. The Morgan fingerprint density at radius 2 is 1.95 bits per heavy atom. The molecule has 0 bridgehead atoms. The lowest BCUT2D eigenvalue weighted by Crippen LogP contribution is -2.25. The molecule has 0 aliphatic carbocycles. The van der Waals surface area contributed by atoms with Crippen molar-refractivity contribution in [2.75, 3.05) is 0 Å². The van der Waals surface area contributed by atoms with E-state index < -0.39 is 23.8 Å². The third-order valence-electron chi connectivity index (χ3n) is 4.30. The summed E-state index contributed by atoms with van der Waals surface area (Å²) in [6.07, 6.45) is -5.63. The first-order valence-corrected chi connectivity index (χ1v) is 7.80. The van der Waals surface area contributed by atoms with Gasteiger partial charge >= 0.3 is 6.18 Å². The average molecular weight is 332 g/mol. The molecule has 122 valence electrons. The van der Waals surface area contributed by atoms with Crippen LogP contribution in [0, 0.1) is 6.92 Å². The fourth-order valence-corrected chi connectivity index (χ4v) is 3.51. The summed E-state index contributed by atoms with van der Waals surface area (Å²) in [7, 11) is 0. The molecule has 1 saturated heterocycles. The Hall–Kier alpha value is -0.880. The average Bonchev–Trinajstić information content (AvgIpc) is 3.01. The maximum atomic E-state index is 12.6. The zero-order valence-corrected chi connectivity index (χ0v) is 13.6. The number of epoxide rings is 1. The van der Waals surface area contributed by atoms with Gasteiger partial charge in [0.1, 0.15) is 11.2 Å². The summed E-state index contributed by atoms with van der Waals surface area (Å²) >= 11 is 4.35. The van der Waals surface area contributed by atoms with Crippen molar-refractivity contribution < 1.29 is 22.6 Å². The van der Waals surface area contributed by atoms with Gasteiger partial charge in [-0.3, -0.25) is 0 Å². The van der Waals surface area contributed by atoms with Gasteiger partial charge in [-0.2, -0.15) is 13.2 Å². The molecule has 2 aliphatic heterocycles. The normalized spacial score (nSPS) is 27.5. The van der Waals surface area contributed by atoms with Gasteiger partial charge in [0.25, 0.3) is 0 Å². The van der Waals surface area contributed by atoms with Crippen LogP contribution in [-0.2, 0) is 16.6 Å². The summed E-state index contributed by atoms with van der Waals surface area (Å²) in [5.74, 6) is 0.778. The zero-order valence-electron chi connectivity index (χ0n) is 12.7. The van der Waals surface area contributed by atoms with E-state index in [0.29, 0.717) is 12.8 Å². The number of rotatable bonds is 3. The molecule has 1 fully saturated rings. The Labute approximate surface area is 133 Å². The Morgan fingerprint density at radius 1 is 1.27 bits per heavy atom. The highest BCUT2D eigenvalue weighted by Gasteiger charge is 2.59. The second-order valence-electron chi connectivity index (χ2n) is 6.80. The number of hydrogen-bond acceptors (Lipinski definition) is 3. The van der Waals surface area contributed by atoms with Crippen molar-refractivity contribution in [3.63, 3.8) is 0 Å². The van der Waals surface area contributed by atoms with Crippen LogP contribution in [0.25, 0.3) is 0 Å². The van der Waals surface area contributed by atoms with E-state index in [4.69, 9.17) is 9.47 Å². The van der Waals surface area contributed by atoms with E-state index in [1.165, 1.54) is 0 Å². The number of fused-ring (bicyclic) bond motifs is 1. The number of benzene rings is 1. The van der Waals surface area contributed by atoms with Gasteiger partial charge in [-0.25, -0.2) is 0 Å². The summed E-state index contributed by atoms with van der Waals surface area (Å²) < 4.78 is 48.5. The number of thiol groups is 1. The Balaban J connectivity index is 1.85. The van der Waals surface area contributed by atoms with Crippen molar-refractivity contribution in [3.05, 3.63) is 28.8 Å². The molecule has 3 rings (SSSR count). The SMILES string of the molecule is Cc1cc2c(c(C(C)(C)CC3OC3C(F)(F)F)c1)OC(S)C2. The number of aryl methyl sites for hydroxylation is 1. The van der Waals surface area contributed by atoms with E-state index in [0.717, 1.165) is 22.4 Å². The Kier molecular flexibility index (Phi) is 3.68. The lowest BCUT2D eigenvalue weighted by Gasteiger charge is -2.27. The molecule has 0 N–H and O–H groups in total. The summed E-state index contributed by atoms with van der Waals surface area (Å²) in [5.41, 5.74) is 2.45. The van der Waals surface area contributed by atoms with Gasteiger partial charge < -0.3 is 9.47 Å². The molecule has 0 amide bonds. The minimum Gasteiger partial charge on any atom is -0.479 e. The highest BCUT2D eigenvalue weighted by Crippen LogP contribution is 2.47. The summed E-state index contributed by atoms with van der Waals surface area (Å²) in [4.78, 5) is 0. The fourth-order valence-electron chi connectivity index (χ4n) is 3.21. The van der Waals surface area contributed by atoms with Gasteiger partial charge in [-0.1, -0.05) is 31.5 Å². The van der Waals surface area contributed by atoms with Crippen LogP contribution in [0.1, 0.15) is 37.0 Å². The lowest BCUT2D eigenvalue weighted by molar-refractivity contribution is -0.146. The maximum absolute atomic E-state index is 12.6. The van der Waals surface area contributed by atoms with Crippen molar-refractivity contribution >= 4 is 12.6 Å². The summed E-state index contributed by atoms with van der Waals surface area (Å²) in [6, 6.07) is 4.05. The van der Waals surface area contributed by atoms with Gasteiger partial charge in [-0.05, 0) is 24.3 Å². The standard InChI is InChI=1S/C16H19F3O2S/c1-8-4-9-6-12(22)21-13(9)10(5-8)15(2,3)7-11-14(20-11)16(17,18)19/h4-5,11-12,14,22H,6-7H2,1-3H3. The predicted octanol–water partition coefficient (Wildman–Crippen LogP) is 4.18. The first-order chi connectivity index (χ1) is 10.1. The first-order valence-electron chi connectivity index (χ1n) is 7.29. The highest BCUT2D eigenvalue weighted by molar-refractivity contribution is 7.80. The largest absolute Gasteiger partial charge is 0.479 e. The number of halogens is 3. The van der Waals surface area contributed by atoms with Gasteiger partial charge in [0, 0.05) is 12.0 Å². The van der Waals surface area contributed by atoms with Crippen LogP contribution in [0.4, 0.5) is 13.2 Å². The molecular weight excluding hydrogens is 313 g/mol. The summed E-state index contributed by atoms with van der Waals surface area (Å²) in [6.45, 7) is 5.86.